The molecule has 4 fully saturated rings. The second-order valence-corrected chi connectivity index (χ2v) is 11.4. The summed E-state index contributed by atoms with van der Waals surface area (Å²) in [5.74, 6) is 4.72. The fourth-order valence-corrected chi connectivity index (χ4v) is 8.86. The van der Waals surface area contributed by atoms with Crippen LogP contribution < -0.4 is 0 Å². The molecule has 0 spiro atoms. The third-order valence-electron chi connectivity index (χ3n) is 10.4. The SMILES string of the molecule is COC(=O)CC[C@@H](C)C1CCC2C3CCC4CC(O)CCC4(C)C3CCC21C. The van der Waals surface area contributed by atoms with Gasteiger partial charge in [-0.05, 0) is 111 Å². The summed E-state index contributed by atoms with van der Waals surface area (Å²) in [6.45, 7) is 7.56. The van der Waals surface area contributed by atoms with Crippen molar-refractivity contribution < 1.29 is 14.6 Å². The molecule has 0 aromatic carbocycles. The smallest absolute Gasteiger partial charge is 0.305 e. The number of carbonyl (C=O) groups is 1. The Labute approximate surface area is 172 Å². The van der Waals surface area contributed by atoms with Crippen LogP contribution in [0.1, 0.15) is 91.4 Å². The highest BCUT2D eigenvalue weighted by molar-refractivity contribution is 5.69. The maximum absolute atomic E-state index is 11.6. The van der Waals surface area contributed by atoms with Crippen LogP contribution in [0.2, 0.25) is 0 Å². The normalized spacial score (nSPS) is 48.9. The van der Waals surface area contributed by atoms with Crippen molar-refractivity contribution in [1.82, 2.24) is 0 Å². The maximum Gasteiger partial charge on any atom is 0.305 e. The summed E-state index contributed by atoms with van der Waals surface area (Å²) in [6, 6.07) is 0. The van der Waals surface area contributed by atoms with Crippen molar-refractivity contribution in [3.05, 3.63) is 0 Å². The minimum atomic E-state index is -0.0546. The van der Waals surface area contributed by atoms with Crippen LogP contribution in [0.4, 0.5) is 0 Å². The molecule has 28 heavy (non-hydrogen) atoms. The molecule has 3 nitrogen and oxygen atoms in total. The van der Waals surface area contributed by atoms with Gasteiger partial charge in [0.05, 0.1) is 13.2 Å². The lowest BCUT2D eigenvalue weighted by molar-refractivity contribution is -0.141. The first kappa shape index (κ1) is 20.7. The van der Waals surface area contributed by atoms with Gasteiger partial charge in [-0.2, -0.15) is 0 Å². The Kier molecular flexibility index (Phi) is 5.61. The lowest BCUT2D eigenvalue weighted by atomic mass is 9.44. The standard InChI is InChI=1S/C25H42O3/c1-16(5-10-23(27)28-4)20-8-9-21-19-7-6-17-15-18(26)11-13-24(17,2)22(19)12-14-25(20,21)3/h16-22,26H,5-15H2,1-4H3/t16-,17?,18?,19?,20?,21?,22?,24?,25?/m1/s1. The molecule has 0 aliphatic heterocycles. The molecule has 0 aromatic rings. The van der Waals surface area contributed by atoms with E-state index in [0.717, 1.165) is 48.9 Å². The van der Waals surface area contributed by atoms with Crippen LogP contribution in [0.5, 0.6) is 0 Å². The van der Waals surface area contributed by atoms with Gasteiger partial charge in [0.15, 0.2) is 0 Å². The van der Waals surface area contributed by atoms with Crippen molar-refractivity contribution in [1.29, 1.82) is 0 Å². The van der Waals surface area contributed by atoms with Crippen molar-refractivity contribution in [2.45, 2.75) is 97.5 Å². The van der Waals surface area contributed by atoms with E-state index in [1.54, 1.807) is 0 Å². The minimum absolute atomic E-state index is 0.0463. The predicted octanol–water partition coefficient (Wildman–Crippen LogP) is 5.60. The molecule has 4 aliphatic rings. The number of aliphatic hydroxyl groups is 1. The fourth-order valence-electron chi connectivity index (χ4n) is 8.86. The molecule has 1 N–H and O–H groups in total. The first-order valence-corrected chi connectivity index (χ1v) is 12.0. The van der Waals surface area contributed by atoms with Gasteiger partial charge in [-0.3, -0.25) is 4.79 Å². The van der Waals surface area contributed by atoms with Gasteiger partial charge in [0.25, 0.3) is 0 Å². The van der Waals surface area contributed by atoms with Crippen molar-refractivity contribution in [3.8, 4) is 0 Å². The molecule has 9 atom stereocenters. The zero-order valence-corrected chi connectivity index (χ0v) is 18.6. The van der Waals surface area contributed by atoms with Crippen molar-refractivity contribution in [3.63, 3.8) is 0 Å². The summed E-state index contributed by atoms with van der Waals surface area (Å²) in [7, 11) is 1.50. The van der Waals surface area contributed by atoms with E-state index in [1.807, 2.05) is 0 Å². The summed E-state index contributed by atoms with van der Waals surface area (Å²) in [6.07, 6.45) is 13.1. The van der Waals surface area contributed by atoms with E-state index >= 15 is 0 Å². The van der Waals surface area contributed by atoms with E-state index in [0.29, 0.717) is 23.2 Å². The van der Waals surface area contributed by atoms with Gasteiger partial charge in [0.1, 0.15) is 0 Å². The number of esters is 1. The van der Waals surface area contributed by atoms with E-state index < -0.39 is 0 Å². The molecule has 160 valence electrons. The van der Waals surface area contributed by atoms with Gasteiger partial charge < -0.3 is 9.84 Å². The summed E-state index contributed by atoms with van der Waals surface area (Å²) in [5, 5.41) is 10.2. The Bertz CT molecular complexity index is 588. The van der Waals surface area contributed by atoms with Crippen LogP contribution in [0.15, 0.2) is 0 Å². The summed E-state index contributed by atoms with van der Waals surface area (Å²) in [5.41, 5.74) is 0.937. The molecule has 0 radical (unpaired) electrons. The van der Waals surface area contributed by atoms with Crippen molar-refractivity contribution >= 4 is 5.97 Å². The fraction of sp³-hybridized carbons (Fsp3) is 0.960. The molecule has 4 rings (SSSR count). The Morgan fingerprint density at radius 3 is 2.50 bits per heavy atom. The quantitative estimate of drug-likeness (QED) is 0.636. The first-order chi connectivity index (χ1) is 13.3. The van der Waals surface area contributed by atoms with Gasteiger partial charge in [-0.25, -0.2) is 0 Å². The molecular formula is C25H42O3. The van der Waals surface area contributed by atoms with Gasteiger partial charge in [0, 0.05) is 6.42 Å². The van der Waals surface area contributed by atoms with E-state index in [9.17, 15) is 9.90 Å². The number of fused-ring (bicyclic) bond motifs is 5. The minimum Gasteiger partial charge on any atom is -0.469 e. The topological polar surface area (TPSA) is 46.5 Å². The number of rotatable bonds is 4. The highest BCUT2D eigenvalue weighted by Crippen LogP contribution is 2.68. The van der Waals surface area contributed by atoms with E-state index in [1.165, 1.54) is 52.1 Å². The predicted molar refractivity (Wildman–Crippen MR) is 112 cm³/mol. The number of hydrogen-bond donors (Lipinski definition) is 1. The molecule has 8 unspecified atom stereocenters. The lowest BCUT2D eigenvalue weighted by Gasteiger charge is -2.61. The Morgan fingerprint density at radius 1 is 1.04 bits per heavy atom. The Hall–Kier alpha value is -0.570. The van der Waals surface area contributed by atoms with Crippen LogP contribution in [0, 0.1) is 46.3 Å². The van der Waals surface area contributed by atoms with Crippen LogP contribution in [0.3, 0.4) is 0 Å². The number of carbonyl (C=O) groups excluding carboxylic acids is 1. The molecule has 4 saturated carbocycles. The van der Waals surface area contributed by atoms with Gasteiger partial charge in [-0.1, -0.05) is 20.8 Å². The highest BCUT2D eigenvalue weighted by atomic mass is 16.5. The average Bonchev–Trinajstić information content (AvgIpc) is 3.03. The maximum atomic E-state index is 11.6. The van der Waals surface area contributed by atoms with Crippen LogP contribution in [0.25, 0.3) is 0 Å². The van der Waals surface area contributed by atoms with E-state index in [4.69, 9.17) is 4.74 Å². The average molecular weight is 391 g/mol. The van der Waals surface area contributed by atoms with Crippen LogP contribution >= 0.6 is 0 Å². The Morgan fingerprint density at radius 2 is 1.75 bits per heavy atom. The van der Waals surface area contributed by atoms with Gasteiger partial charge >= 0.3 is 5.97 Å². The zero-order chi connectivity index (χ0) is 20.1. The monoisotopic (exact) mass is 390 g/mol. The number of hydrogen-bond acceptors (Lipinski definition) is 3. The summed E-state index contributed by atoms with van der Waals surface area (Å²) >= 11 is 0. The molecule has 0 saturated heterocycles. The first-order valence-electron chi connectivity index (χ1n) is 12.0. The molecular weight excluding hydrogens is 348 g/mol. The zero-order valence-electron chi connectivity index (χ0n) is 18.6. The third kappa shape index (κ3) is 3.24. The van der Waals surface area contributed by atoms with Crippen molar-refractivity contribution in [2.75, 3.05) is 7.11 Å². The summed E-state index contributed by atoms with van der Waals surface area (Å²) in [4.78, 5) is 11.6. The van der Waals surface area contributed by atoms with Gasteiger partial charge in [0.2, 0.25) is 0 Å². The van der Waals surface area contributed by atoms with Gasteiger partial charge in [-0.15, -0.1) is 0 Å². The Balaban J connectivity index is 1.48. The largest absolute Gasteiger partial charge is 0.469 e. The second kappa shape index (κ2) is 7.60. The highest BCUT2D eigenvalue weighted by Gasteiger charge is 2.60. The van der Waals surface area contributed by atoms with Crippen LogP contribution in [-0.4, -0.2) is 24.3 Å². The molecule has 0 amide bonds. The van der Waals surface area contributed by atoms with E-state index in [2.05, 4.69) is 20.8 Å². The molecule has 0 heterocycles. The lowest BCUT2D eigenvalue weighted by Crippen LogP contribution is -2.54. The molecule has 0 bridgehead atoms. The number of ether oxygens (including phenoxy) is 1. The second-order valence-electron chi connectivity index (χ2n) is 11.4. The van der Waals surface area contributed by atoms with Crippen LogP contribution in [-0.2, 0) is 9.53 Å². The molecule has 0 aromatic heterocycles. The third-order valence-corrected chi connectivity index (χ3v) is 10.4. The molecule has 3 heteroatoms. The summed E-state index contributed by atoms with van der Waals surface area (Å²) < 4.78 is 4.88. The number of aliphatic hydroxyl groups excluding tert-OH is 1. The van der Waals surface area contributed by atoms with E-state index in [-0.39, 0.29) is 12.1 Å². The number of methoxy groups -OCH3 is 1. The van der Waals surface area contributed by atoms with Crippen molar-refractivity contribution in [2.24, 2.45) is 46.3 Å². The molecule has 4 aliphatic carbocycles.